The Bertz CT molecular complexity index is 446. The van der Waals surface area contributed by atoms with Crippen LogP contribution < -0.4 is 0 Å². The molecule has 0 saturated carbocycles. The Balaban J connectivity index is 2.32. The molecule has 2 unspecified atom stereocenters. The molecule has 2 atom stereocenters. The van der Waals surface area contributed by atoms with Crippen LogP contribution in [0.25, 0.3) is 0 Å². The van der Waals surface area contributed by atoms with E-state index in [1.165, 1.54) is 6.42 Å². The van der Waals surface area contributed by atoms with Gasteiger partial charge in [0.1, 0.15) is 5.75 Å². The van der Waals surface area contributed by atoms with Crippen molar-refractivity contribution in [3.63, 3.8) is 0 Å². The van der Waals surface area contributed by atoms with Crippen molar-refractivity contribution in [3.05, 3.63) is 29.3 Å². The lowest BCUT2D eigenvalue weighted by atomic mass is 9.96. The maximum atomic E-state index is 12.6. The molecule has 3 heteroatoms. The fourth-order valence-electron chi connectivity index (χ4n) is 2.78. The summed E-state index contributed by atoms with van der Waals surface area (Å²) in [6.07, 6.45) is 3.26. The zero-order valence-electron chi connectivity index (χ0n) is 11.3. The summed E-state index contributed by atoms with van der Waals surface area (Å²) in [6, 6.07) is 5.69. The van der Waals surface area contributed by atoms with Crippen molar-refractivity contribution in [1.29, 1.82) is 0 Å². The van der Waals surface area contributed by atoms with Gasteiger partial charge < -0.3 is 10.0 Å². The molecular weight excluding hydrogens is 226 g/mol. The number of hydrogen-bond donors (Lipinski definition) is 1. The first kappa shape index (κ1) is 12.9. The van der Waals surface area contributed by atoms with E-state index >= 15 is 0 Å². The largest absolute Gasteiger partial charge is 0.507 e. The SMILES string of the molecule is Cc1ccc(O)c(C(=O)N2C(C)CCCC2C)c1. The number of aromatic hydroxyl groups is 1. The number of carbonyl (C=O) groups is 1. The highest BCUT2D eigenvalue weighted by molar-refractivity contribution is 5.97. The molecule has 98 valence electrons. The smallest absolute Gasteiger partial charge is 0.258 e. The molecule has 1 amide bonds. The average Bonchev–Trinajstić information content (AvgIpc) is 2.32. The number of phenolic OH excluding ortho intramolecular Hbond substituents is 1. The van der Waals surface area contributed by atoms with Gasteiger partial charge in [-0.1, -0.05) is 11.6 Å². The van der Waals surface area contributed by atoms with E-state index in [1.54, 1.807) is 12.1 Å². The number of piperidine rings is 1. The lowest BCUT2D eigenvalue weighted by molar-refractivity contribution is 0.0508. The van der Waals surface area contributed by atoms with Gasteiger partial charge >= 0.3 is 0 Å². The van der Waals surface area contributed by atoms with Crippen LogP contribution in [0.1, 0.15) is 49.0 Å². The van der Waals surface area contributed by atoms with Crippen molar-refractivity contribution < 1.29 is 9.90 Å². The van der Waals surface area contributed by atoms with Crippen LogP contribution >= 0.6 is 0 Å². The molecule has 1 aromatic rings. The van der Waals surface area contributed by atoms with Crippen LogP contribution in [0.5, 0.6) is 5.75 Å². The predicted molar refractivity (Wildman–Crippen MR) is 71.8 cm³/mol. The molecule has 1 N–H and O–H groups in total. The zero-order chi connectivity index (χ0) is 13.3. The van der Waals surface area contributed by atoms with Gasteiger partial charge in [0.2, 0.25) is 0 Å². The normalized spacial score (nSPS) is 24.1. The lowest BCUT2D eigenvalue weighted by Crippen LogP contribution is -2.47. The van der Waals surface area contributed by atoms with Crippen LogP contribution in [-0.4, -0.2) is 28.0 Å². The van der Waals surface area contributed by atoms with Crippen molar-refractivity contribution in [1.82, 2.24) is 4.90 Å². The quantitative estimate of drug-likeness (QED) is 0.828. The third-order valence-electron chi connectivity index (χ3n) is 3.81. The molecule has 0 bridgehead atoms. The van der Waals surface area contributed by atoms with E-state index in [1.807, 2.05) is 17.9 Å². The first-order valence-electron chi connectivity index (χ1n) is 6.63. The highest BCUT2D eigenvalue weighted by Crippen LogP contribution is 2.27. The minimum absolute atomic E-state index is 0.0455. The van der Waals surface area contributed by atoms with Crippen LogP contribution in [0, 0.1) is 6.92 Å². The molecule has 2 rings (SSSR count). The Labute approximate surface area is 108 Å². The van der Waals surface area contributed by atoms with Gasteiger partial charge in [-0.25, -0.2) is 0 Å². The summed E-state index contributed by atoms with van der Waals surface area (Å²) in [6.45, 7) is 6.10. The molecule has 1 fully saturated rings. The van der Waals surface area contributed by atoms with E-state index < -0.39 is 0 Å². The first-order chi connectivity index (χ1) is 8.50. The average molecular weight is 247 g/mol. The van der Waals surface area contributed by atoms with Gasteiger partial charge in [0.15, 0.2) is 0 Å². The van der Waals surface area contributed by atoms with Gasteiger partial charge in [-0.05, 0) is 52.2 Å². The summed E-state index contributed by atoms with van der Waals surface area (Å²) in [7, 11) is 0. The lowest BCUT2D eigenvalue weighted by Gasteiger charge is -2.39. The number of nitrogens with zero attached hydrogens (tertiary/aromatic N) is 1. The molecule has 1 aliphatic heterocycles. The van der Waals surface area contributed by atoms with E-state index in [2.05, 4.69) is 13.8 Å². The summed E-state index contributed by atoms with van der Waals surface area (Å²) in [5, 5.41) is 9.86. The van der Waals surface area contributed by atoms with Crippen LogP contribution in [0.15, 0.2) is 18.2 Å². The molecule has 1 aromatic carbocycles. The Morgan fingerprint density at radius 1 is 1.28 bits per heavy atom. The van der Waals surface area contributed by atoms with Gasteiger partial charge in [-0.15, -0.1) is 0 Å². The van der Waals surface area contributed by atoms with E-state index in [9.17, 15) is 9.90 Å². The molecule has 1 saturated heterocycles. The van der Waals surface area contributed by atoms with E-state index in [0.717, 1.165) is 18.4 Å². The molecule has 3 nitrogen and oxygen atoms in total. The molecule has 1 aliphatic rings. The molecule has 0 aliphatic carbocycles. The van der Waals surface area contributed by atoms with Gasteiger partial charge in [0, 0.05) is 12.1 Å². The Hall–Kier alpha value is -1.51. The summed E-state index contributed by atoms with van der Waals surface area (Å²) < 4.78 is 0. The first-order valence-corrected chi connectivity index (χ1v) is 6.63. The summed E-state index contributed by atoms with van der Waals surface area (Å²) in [5.41, 5.74) is 1.42. The Morgan fingerprint density at radius 3 is 2.50 bits per heavy atom. The molecule has 18 heavy (non-hydrogen) atoms. The van der Waals surface area contributed by atoms with Crippen LogP contribution in [0.3, 0.4) is 0 Å². The highest BCUT2D eigenvalue weighted by atomic mass is 16.3. The fourth-order valence-corrected chi connectivity index (χ4v) is 2.78. The molecule has 1 heterocycles. The molecular formula is C15H21NO2. The second kappa shape index (κ2) is 5.01. The number of benzene rings is 1. The standard InChI is InChI=1S/C15H21NO2/c1-10-7-8-14(17)13(9-10)15(18)16-11(2)5-4-6-12(16)3/h7-9,11-12,17H,4-6H2,1-3H3. The van der Waals surface area contributed by atoms with Crippen LogP contribution in [-0.2, 0) is 0 Å². The third-order valence-corrected chi connectivity index (χ3v) is 3.81. The summed E-state index contributed by atoms with van der Waals surface area (Å²) in [5.74, 6) is 0.0338. The van der Waals surface area contributed by atoms with Gasteiger partial charge in [-0.3, -0.25) is 4.79 Å². The minimum atomic E-state index is -0.0455. The fraction of sp³-hybridized carbons (Fsp3) is 0.533. The van der Waals surface area contributed by atoms with Crippen molar-refractivity contribution in [2.24, 2.45) is 0 Å². The molecule has 0 radical (unpaired) electrons. The van der Waals surface area contributed by atoms with E-state index in [0.29, 0.717) is 5.56 Å². The maximum absolute atomic E-state index is 12.6. The number of amides is 1. The summed E-state index contributed by atoms with van der Waals surface area (Å²) in [4.78, 5) is 14.5. The minimum Gasteiger partial charge on any atom is -0.507 e. The Kier molecular flexibility index (Phi) is 3.60. The topological polar surface area (TPSA) is 40.5 Å². The number of likely N-dealkylation sites (tertiary alicyclic amines) is 1. The maximum Gasteiger partial charge on any atom is 0.258 e. The van der Waals surface area contributed by atoms with Crippen molar-refractivity contribution in [3.8, 4) is 5.75 Å². The summed E-state index contributed by atoms with van der Waals surface area (Å²) >= 11 is 0. The zero-order valence-corrected chi connectivity index (χ0v) is 11.3. The number of rotatable bonds is 1. The van der Waals surface area contributed by atoms with Crippen LogP contribution in [0.2, 0.25) is 0 Å². The van der Waals surface area contributed by atoms with Crippen LogP contribution in [0.4, 0.5) is 0 Å². The number of carbonyl (C=O) groups excluding carboxylic acids is 1. The highest BCUT2D eigenvalue weighted by Gasteiger charge is 2.30. The number of aryl methyl sites for hydroxylation is 1. The van der Waals surface area contributed by atoms with E-state index in [4.69, 9.17) is 0 Å². The van der Waals surface area contributed by atoms with Crippen molar-refractivity contribution >= 4 is 5.91 Å². The van der Waals surface area contributed by atoms with Crippen molar-refractivity contribution in [2.45, 2.75) is 52.1 Å². The van der Waals surface area contributed by atoms with Gasteiger partial charge in [0.05, 0.1) is 5.56 Å². The molecule has 0 spiro atoms. The number of hydrogen-bond acceptors (Lipinski definition) is 2. The monoisotopic (exact) mass is 247 g/mol. The van der Waals surface area contributed by atoms with Gasteiger partial charge in [-0.2, -0.15) is 0 Å². The van der Waals surface area contributed by atoms with Gasteiger partial charge in [0.25, 0.3) is 5.91 Å². The van der Waals surface area contributed by atoms with E-state index in [-0.39, 0.29) is 23.7 Å². The second-order valence-electron chi connectivity index (χ2n) is 5.36. The van der Waals surface area contributed by atoms with Crippen molar-refractivity contribution in [2.75, 3.05) is 0 Å². The third kappa shape index (κ3) is 2.35. The second-order valence-corrected chi connectivity index (χ2v) is 5.36. The number of phenols is 1. The molecule has 0 aromatic heterocycles. The predicted octanol–water partition coefficient (Wildman–Crippen LogP) is 3.10. The Morgan fingerprint density at radius 2 is 1.89 bits per heavy atom.